The fourth-order valence-corrected chi connectivity index (χ4v) is 2.32. The van der Waals surface area contributed by atoms with Crippen molar-refractivity contribution in [2.45, 2.75) is 13.8 Å². The third-order valence-electron chi connectivity index (χ3n) is 2.10. The Morgan fingerprint density at radius 1 is 1.53 bits per heavy atom. The van der Waals surface area contributed by atoms with Gasteiger partial charge in [-0.25, -0.2) is 9.31 Å². The topological polar surface area (TPSA) is 71.7 Å². The zero-order valence-corrected chi connectivity index (χ0v) is 8.96. The van der Waals surface area contributed by atoms with E-state index >= 15 is 0 Å². The Morgan fingerprint density at radius 3 is 2.80 bits per heavy atom. The average Bonchev–Trinajstić information content (AvgIpc) is 2.49. The molecular weight excluding hydrogens is 216 g/mol. The van der Waals surface area contributed by atoms with E-state index in [1.165, 1.54) is 22.8 Å². The van der Waals surface area contributed by atoms with Gasteiger partial charge >= 0.3 is 5.97 Å². The van der Waals surface area contributed by atoms with Gasteiger partial charge in [-0.2, -0.15) is 5.10 Å². The monoisotopic (exact) mass is 224 g/mol. The van der Waals surface area contributed by atoms with Crippen LogP contribution in [0.4, 0.5) is 0 Å². The zero-order valence-electron chi connectivity index (χ0n) is 8.14. The van der Waals surface area contributed by atoms with E-state index in [1.54, 1.807) is 5.38 Å². The lowest BCUT2D eigenvalue weighted by molar-refractivity contribution is 0.0697. The van der Waals surface area contributed by atoms with Crippen LogP contribution in [0.25, 0.3) is 4.83 Å². The molecule has 0 aliphatic heterocycles. The van der Waals surface area contributed by atoms with E-state index in [0.717, 1.165) is 5.69 Å². The molecule has 1 N–H and O–H groups in total. The summed E-state index contributed by atoms with van der Waals surface area (Å²) >= 11 is 1.21. The van der Waals surface area contributed by atoms with Crippen LogP contribution in [0, 0.1) is 13.8 Å². The Morgan fingerprint density at radius 2 is 2.20 bits per heavy atom. The van der Waals surface area contributed by atoms with Gasteiger partial charge < -0.3 is 5.11 Å². The number of carboxylic acid groups (broad SMARTS) is 1. The molecule has 0 spiro atoms. The number of hydrogen-bond donors (Lipinski definition) is 1. The summed E-state index contributed by atoms with van der Waals surface area (Å²) in [6.07, 6.45) is 0. The molecule has 2 aromatic rings. The molecule has 15 heavy (non-hydrogen) atoms. The minimum Gasteiger partial charge on any atom is -0.477 e. The maximum absolute atomic E-state index is 11.6. The summed E-state index contributed by atoms with van der Waals surface area (Å²) in [4.78, 5) is 22.9. The second-order valence-corrected chi connectivity index (χ2v) is 4.05. The van der Waals surface area contributed by atoms with Crippen LogP contribution >= 0.6 is 11.3 Å². The first kappa shape index (κ1) is 9.85. The van der Waals surface area contributed by atoms with Gasteiger partial charge in [0.2, 0.25) is 5.43 Å². The van der Waals surface area contributed by atoms with Crippen LogP contribution in [-0.4, -0.2) is 20.7 Å². The van der Waals surface area contributed by atoms with Crippen molar-refractivity contribution in [3.05, 3.63) is 32.6 Å². The summed E-state index contributed by atoms with van der Waals surface area (Å²) in [5.74, 6) is -1.20. The number of nitrogens with zero attached hydrogens (tertiary/aromatic N) is 2. The highest BCUT2D eigenvalue weighted by atomic mass is 32.1. The van der Waals surface area contributed by atoms with E-state index in [2.05, 4.69) is 5.10 Å². The largest absolute Gasteiger partial charge is 0.477 e. The van der Waals surface area contributed by atoms with E-state index in [0.29, 0.717) is 4.83 Å². The number of fused-ring (bicyclic) bond motifs is 1. The van der Waals surface area contributed by atoms with Crippen molar-refractivity contribution in [3.8, 4) is 0 Å². The Bertz CT molecular complexity index is 612. The van der Waals surface area contributed by atoms with Crippen molar-refractivity contribution < 1.29 is 9.90 Å². The molecule has 2 aromatic heterocycles. The molecule has 0 saturated heterocycles. The molecule has 0 amide bonds. The molecule has 0 aromatic carbocycles. The zero-order chi connectivity index (χ0) is 11.2. The summed E-state index contributed by atoms with van der Waals surface area (Å²) in [6, 6.07) is 0. The van der Waals surface area contributed by atoms with Crippen LogP contribution in [0.1, 0.15) is 21.7 Å². The van der Waals surface area contributed by atoms with Gasteiger partial charge in [0.15, 0.2) is 0 Å². The SMILES string of the molecule is Cc1nn2c(C)csc2c(C(=O)O)c1=O. The Labute approximate surface area is 88.6 Å². The van der Waals surface area contributed by atoms with Crippen LogP contribution in [0.15, 0.2) is 10.2 Å². The van der Waals surface area contributed by atoms with Crippen LogP contribution in [0.3, 0.4) is 0 Å². The van der Waals surface area contributed by atoms with Crippen LogP contribution in [0.5, 0.6) is 0 Å². The predicted molar refractivity (Wildman–Crippen MR) is 55.8 cm³/mol. The number of rotatable bonds is 1. The molecule has 0 atom stereocenters. The third-order valence-corrected chi connectivity index (χ3v) is 3.16. The third kappa shape index (κ3) is 1.33. The predicted octanol–water partition coefficient (Wildman–Crippen LogP) is 1.07. The summed E-state index contributed by atoms with van der Waals surface area (Å²) < 4.78 is 1.49. The summed E-state index contributed by atoms with van der Waals surface area (Å²) in [6.45, 7) is 3.32. The first-order valence-corrected chi connectivity index (χ1v) is 5.11. The standard InChI is InChI=1S/C9H8N2O3S/c1-4-3-15-8-6(9(13)14)7(12)5(2)10-11(4)8/h3H,1-2H3,(H,13,14). The maximum atomic E-state index is 11.6. The number of thiazole rings is 1. The number of carbonyl (C=O) groups is 1. The second-order valence-electron chi connectivity index (χ2n) is 3.19. The van der Waals surface area contributed by atoms with Gasteiger partial charge in [-0.1, -0.05) is 0 Å². The Balaban J connectivity index is 3.04. The van der Waals surface area contributed by atoms with Crippen molar-refractivity contribution in [1.82, 2.24) is 9.61 Å². The molecule has 0 bridgehead atoms. The Hall–Kier alpha value is -1.69. The van der Waals surface area contributed by atoms with Gasteiger partial charge in [-0.15, -0.1) is 11.3 Å². The minimum absolute atomic E-state index is 0.194. The summed E-state index contributed by atoms with van der Waals surface area (Å²) in [5, 5.41) is 14.8. The van der Waals surface area contributed by atoms with Gasteiger partial charge in [0.05, 0.1) is 5.69 Å². The molecule has 0 unspecified atom stereocenters. The summed E-state index contributed by atoms with van der Waals surface area (Å²) in [5.41, 5.74) is 0.317. The molecular formula is C9H8N2O3S. The minimum atomic E-state index is -1.20. The van der Waals surface area contributed by atoms with Crippen LogP contribution in [-0.2, 0) is 0 Å². The number of carboxylic acids is 1. The van der Waals surface area contributed by atoms with E-state index in [-0.39, 0.29) is 11.3 Å². The fraction of sp³-hybridized carbons (Fsp3) is 0.222. The van der Waals surface area contributed by atoms with Gasteiger partial charge in [-0.3, -0.25) is 4.79 Å². The first-order valence-electron chi connectivity index (χ1n) is 4.23. The van der Waals surface area contributed by atoms with E-state index < -0.39 is 11.4 Å². The van der Waals surface area contributed by atoms with Crippen LogP contribution in [0.2, 0.25) is 0 Å². The van der Waals surface area contributed by atoms with Gasteiger partial charge in [0.25, 0.3) is 0 Å². The lowest BCUT2D eigenvalue weighted by Crippen LogP contribution is -2.21. The molecule has 2 heterocycles. The van der Waals surface area contributed by atoms with Gasteiger partial charge in [0, 0.05) is 5.38 Å². The smallest absolute Gasteiger partial charge is 0.342 e. The van der Waals surface area contributed by atoms with Crippen molar-refractivity contribution in [1.29, 1.82) is 0 Å². The molecule has 0 radical (unpaired) electrons. The highest BCUT2D eigenvalue weighted by Gasteiger charge is 2.18. The number of aromatic nitrogens is 2. The van der Waals surface area contributed by atoms with E-state index in [4.69, 9.17) is 5.11 Å². The van der Waals surface area contributed by atoms with Crippen molar-refractivity contribution in [3.63, 3.8) is 0 Å². The number of aromatic carboxylic acids is 1. The van der Waals surface area contributed by atoms with Gasteiger partial charge in [-0.05, 0) is 13.8 Å². The lowest BCUT2D eigenvalue weighted by Gasteiger charge is -2.00. The highest BCUT2D eigenvalue weighted by Crippen LogP contribution is 2.17. The van der Waals surface area contributed by atoms with Crippen molar-refractivity contribution >= 4 is 22.1 Å². The Kier molecular flexibility index (Phi) is 2.08. The average molecular weight is 224 g/mol. The van der Waals surface area contributed by atoms with Crippen LogP contribution < -0.4 is 5.43 Å². The second kappa shape index (κ2) is 3.16. The number of hydrogen-bond acceptors (Lipinski definition) is 4. The van der Waals surface area contributed by atoms with Crippen molar-refractivity contribution in [2.24, 2.45) is 0 Å². The van der Waals surface area contributed by atoms with E-state index in [1.807, 2.05) is 6.92 Å². The maximum Gasteiger partial charge on any atom is 0.342 e. The molecule has 78 valence electrons. The van der Waals surface area contributed by atoms with Crippen molar-refractivity contribution in [2.75, 3.05) is 0 Å². The lowest BCUT2D eigenvalue weighted by atomic mass is 10.2. The number of aryl methyl sites for hydroxylation is 2. The summed E-state index contributed by atoms with van der Waals surface area (Å²) in [7, 11) is 0. The normalized spacial score (nSPS) is 10.8. The molecule has 0 aliphatic carbocycles. The van der Waals surface area contributed by atoms with Gasteiger partial charge in [0.1, 0.15) is 16.1 Å². The first-order chi connectivity index (χ1) is 7.02. The van der Waals surface area contributed by atoms with E-state index in [9.17, 15) is 9.59 Å². The molecule has 2 rings (SSSR count). The molecule has 0 saturated carbocycles. The molecule has 0 fully saturated rings. The molecule has 6 heteroatoms. The fourth-order valence-electron chi connectivity index (χ4n) is 1.35. The quantitative estimate of drug-likeness (QED) is 0.786. The molecule has 5 nitrogen and oxygen atoms in total. The molecule has 0 aliphatic rings. The highest BCUT2D eigenvalue weighted by molar-refractivity contribution is 7.16.